The third-order valence-electron chi connectivity index (χ3n) is 4.19. The van der Waals surface area contributed by atoms with E-state index in [0.717, 1.165) is 5.69 Å². The standard InChI is InChI=1S/C12H17N3O4.C11H9NO2/c1-14-12(13)15-11(16)7-5-8(17-2)10(19-4)9(6-7)18-3;13-11(10-7-4-8-14-10)12-9-5-2-1-3-6-9/h5-6H,1-4H3,(H3,13,14,15,16);1-8H,(H,12,13). The Labute approximate surface area is 191 Å². The van der Waals surface area contributed by atoms with Gasteiger partial charge < -0.3 is 29.7 Å². The van der Waals surface area contributed by atoms with E-state index in [9.17, 15) is 9.59 Å². The van der Waals surface area contributed by atoms with Crippen LogP contribution in [0.4, 0.5) is 5.69 Å². The number of furan rings is 1. The van der Waals surface area contributed by atoms with Gasteiger partial charge in [-0.05, 0) is 36.4 Å². The van der Waals surface area contributed by atoms with Crippen LogP contribution >= 0.6 is 0 Å². The summed E-state index contributed by atoms with van der Waals surface area (Å²) in [7, 11) is 5.91. The van der Waals surface area contributed by atoms with Crippen molar-refractivity contribution in [3.05, 3.63) is 72.2 Å². The molecule has 33 heavy (non-hydrogen) atoms. The van der Waals surface area contributed by atoms with Gasteiger partial charge in [0.2, 0.25) is 5.75 Å². The van der Waals surface area contributed by atoms with Crippen molar-refractivity contribution in [2.24, 2.45) is 10.7 Å². The zero-order valence-electron chi connectivity index (χ0n) is 18.7. The lowest BCUT2D eigenvalue weighted by molar-refractivity contribution is 0.0973. The van der Waals surface area contributed by atoms with Gasteiger partial charge in [0.05, 0.1) is 27.6 Å². The van der Waals surface area contributed by atoms with Crippen LogP contribution in [0.15, 0.2) is 70.3 Å². The van der Waals surface area contributed by atoms with Crippen molar-refractivity contribution in [2.75, 3.05) is 33.7 Å². The number of nitrogens with one attached hydrogen (secondary N) is 2. The zero-order valence-corrected chi connectivity index (χ0v) is 18.7. The van der Waals surface area contributed by atoms with E-state index in [2.05, 4.69) is 15.6 Å². The minimum absolute atomic E-state index is 0.0266. The number of aliphatic imine (C=N–C) groups is 1. The number of nitrogens with two attached hydrogens (primary N) is 1. The highest BCUT2D eigenvalue weighted by molar-refractivity contribution is 6.05. The van der Waals surface area contributed by atoms with Crippen molar-refractivity contribution in [3.63, 3.8) is 0 Å². The Kier molecular flexibility index (Phi) is 9.32. The molecule has 0 unspecified atom stereocenters. The van der Waals surface area contributed by atoms with Crippen LogP contribution in [-0.4, -0.2) is 46.2 Å². The Morgan fingerprint density at radius 1 is 0.909 bits per heavy atom. The maximum absolute atomic E-state index is 11.9. The van der Waals surface area contributed by atoms with Crippen molar-refractivity contribution in [1.29, 1.82) is 0 Å². The number of amides is 2. The number of carbonyl (C=O) groups is 2. The Bertz CT molecular complexity index is 1060. The van der Waals surface area contributed by atoms with E-state index in [0.29, 0.717) is 28.6 Å². The van der Waals surface area contributed by atoms with Crippen molar-refractivity contribution in [3.8, 4) is 17.2 Å². The molecule has 0 aliphatic rings. The quantitative estimate of drug-likeness (QED) is 0.385. The number of carbonyl (C=O) groups excluding carboxylic acids is 2. The number of benzene rings is 2. The smallest absolute Gasteiger partial charge is 0.291 e. The van der Waals surface area contributed by atoms with E-state index in [1.165, 1.54) is 46.8 Å². The first-order valence-corrected chi connectivity index (χ1v) is 9.67. The number of hydrogen-bond donors (Lipinski definition) is 3. The summed E-state index contributed by atoms with van der Waals surface area (Å²) in [6, 6.07) is 15.6. The highest BCUT2D eigenvalue weighted by Gasteiger charge is 2.17. The molecule has 174 valence electrons. The van der Waals surface area contributed by atoms with Crippen molar-refractivity contribution < 1.29 is 28.2 Å². The summed E-state index contributed by atoms with van der Waals surface area (Å²) in [5.41, 5.74) is 6.52. The Hall–Kier alpha value is -4.47. The fourth-order valence-electron chi connectivity index (χ4n) is 2.58. The molecular weight excluding hydrogens is 428 g/mol. The molecule has 3 aromatic rings. The van der Waals surface area contributed by atoms with Crippen LogP contribution in [0, 0.1) is 0 Å². The van der Waals surface area contributed by atoms with Gasteiger partial charge in [-0.15, -0.1) is 0 Å². The first-order valence-electron chi connectivity index (χ1n) is 9.67. The van der Waals surface area contributed by atoms with Crippen LogP contribution in [0.2, 0.25) is 0 Å². The van der Waals surface area contributed by atoms with Crippen LogP contribution in [0.25, 0.3) is 0 Å². The van der Waals surface area contributed by atoms with Gasteiger partial charge in [-0.2, -0.15) is 0 Å². The molecule has 10 nitrogen and oxygen atoms in total. The fraction of sp³-hybridized carbons (Fsp3) is 0.174. The predicted molar refractivity (Wildman–Crippen MR) is 124 cm³/mol. The van der Waals surface area contributed by atoms with Crippen molar-refractivity contribution in [2.45, 2.75) is 0 Å². The third-order valence-corrected chi connectivity index (χ3v) is 4.19. The minimum Gasteiger partial charge on any atom is -0.493 e. The van der Waals surface area contributed by atoms with Crippen molar-refractivity contribution >= 4 is 23.5 Å². The van der Waals surface area contributed by atoms with Crippen LogP contribution in [0.1, 0.15) is 20.9 Å². The van der Waals surface area contributed by atoms with Crippen LogP contribution < -0.4 is 30.6 Å². The molecule has 10 heteroatoms. The largest absolute Gasteiger partial charge is 0.493 e. The van der Waals surface area contributed by atoms with Crippen molar-refractivity contribution in [1.82, 2.24) is 5.32 Å². The summed E-state index contributed by atoms with van der Waals surface area (Å²) < 4.78 is 20.4. The summed E-state index contributed by atoms with van der Waals surface area (Å²) in [6.45, 7) is 0. The zero-order chi connectivity index (χ0) is 24.2. The molecule has 0 fully saturated rings. The molecular formula is C23H26N4O6. The van der Waals surface area contributed by atoms with E-state index < -0.39 is 5.91 Å². The molecule has 1 aromatic heterocycles. The highest BCUT2D eigenvalue weighted by atomic mass is 16.5. The lowest BCUT2D eigenvalue weighted by Crippen LogP contribution is -2.36. The van der Waals surface area contributed by atoms with E-state index in [-0.39, 0.29) is 11.9 Å². The first kappa shape index (κ1) is 24.8. The number of para-hydroxylation sites is 1. The van der Waals surface area contributed by atoms with Gasteiger partial charge >= 0.3 is 0 Å². The number of ether oxygens (including phenoxy) is 3. The molecule has 0 saturated carbocycles. The Morgan fingerprint density at radius 2 is 1.55 bits per heavy atom. The number of rotatable bonds is 6. The van der Waals surface area contributed by atoms with Crippen LogP contribution in [0.3, 0.4) is 0 Å². The predicted octanol–water partition coefficient (Wildman–Crippen LogP) is 2.92. The molecule has 0 atom stereocenters. The molecule has 0 aliphatic carbocycles. The summed E-state index contributed by atoms with van der Waals surface area (Å²) in [5, 5.41) is 5.13. The fourth-order valence-corrected chi connectivity index (χ4v) is 2.58. The average Bonchev–Trinajstić information content (AvgIpc) is 3.39. The first-order chi connectivity index (χ1) is 15.9. The van der Waals surface area contributed by atoms with Gasteiger partial charge in [0.15, 0.2) is 23.2 Å². The van der Waals surface area contributed by atoms with Crippen LogP contribution in [-0.2, 0) is 0 Å². The summed E-state index contributed by atoms with van der Waals surface area (Å²) >= 11 is 0. The monoisotopic (exact) mass is 454 g/mol. The van der Waals surface area contributed by atoms with E-state index in [1.807, 2.05) is 30.3 Å². The molecule has 4 N–H and O–H groups in total. The maximum Gasteiger partial charge on any atom is 0.291 e. The molecule has 2 aromatic carbocycles. The minimum atomic E-state index is -0.414. The van der Waals surface area contributed by atoms with Gasteiger partial charge in [-0.3, -0.25) is 19.9 Å². The number of hydrogen-bond acceptors (Lipinski definition) is 7. The topological polar surface area (TPSA) is 137 Å². The van der Waals surface area contributed by atoms with Crippen LogP contribution in [0.5, 0.6) is 17.2 Å². The SMILES string of the molecule is CN=C(N)NC(=O)c1cc(OC)c(OC)c(OC)c1.O=C(Nc1ccccc1)c1ccco1. The molecule has 0 saturated heterocycles. The summed E-state index contributed by atoms with van der Waals surface area (Å²) in [6.07, 6.45) is 1.47. The van der Waals surface area contributed by atoms with Gasteiger partial charge in [-0.25, -0.2) is 0 Å². The second-order valence-corrected chi connectivity index (χ2v) is 6.27. The van der Waals surface area contributed by atoms with Gasteiger partial charge in [0, 0.05) is 18.3 Å². The van der Waals surface area contributed by atoms with E-state index >= 15 is 0 Å². The van der Waals surface area contributed by atoms with E-state index in [4.69, 9.17) is 24.4 Å². The van der Waals surface area contributed by atoms with Gasteiger partial charge in [0.1, 0.15) is 0 Å². The van der Waals surface area contributed by atoms with Gasteiger partial charge in [-0.1, -0.05) is 18.2 Å². The molecule has 0 spiro atoms. The van der Waals surface area contributed by atoms with E-state index in [1.54, 1.807) is 12.1 Å². The number of nitrogens with zero attached hydrogens (tertiary/aromatic N) is 1. The lowest BCUT2D eigenvalue weighted by atomic mass is 10.1. The second kappa shape index (κ2) is 12.4. The summed E-state index contributed by atoms with van der Waals surface area (Å²) in [5.74, 6) is 0.882. The highest BCUT2D eigenvalue weighted by Crippen LogP contribution is 2.38. The third kappa shape index (κ3) is 7.03. The second-order valence-electron chi connectivity index (χ2n) is 6.27. The lowest BCUT2D eigenvalue weighted by Gasteiger charge is -2.13. The normalized spacial score (nSPS) is 10.4. The molecule has 0 aliphatic heterocycles. The number of anilines is 1. The van der Waals surface area contributed by atoms with Gasteiger partial charge in [0.25, 0.3) is 11.8 Å². The molecule has 0 radical (unpaired) electrons. The molecule has 2 amide bonds. The summed E-state index contributed by atoms with van der Waals surface area (Å²) in [4.78, 5) is 27.0. The Balaban J connectivity index is 0.000000243. The average molecular weight is 454 g/mol. The molecule has 3 rings (SSSR count). The number of guanidine groups is 1. The molecule has 1 heterocycles. The maximum atomic E-state index is 11.9. The number of methoxy groups -OCH3 is 3. The molecule has 0 bridgehead atoms. The Morgan fingerprint density at radius 3 is 2.03 bits per heavy atom.